The Bertz CT molecular complexity index is 1030. The Morgan fingerprint density at radius 1 is 0.232 bits per heavy atom. The van der Waals surface area contributed by atoms with Crippen molar-refractivity contribution in [1.29, 1.82) is 0 Å². The lowest BCUT2D eigenvalue weighted by Gasteiger charge is -2.18. The highest BCUT2D eigenvalue weighted by Crippen LogP contribution is 2.18. The van der Waals surface area contributed by atoms with E-state index in [4.69, 9.17) is 14.2 Å². The summed E-state index contributed by atoms with van der Waals surface area (Å²) in [6.07, 6.45) is 66.8. The fourth-order valence-corrected chi connectivity index (χ4v) is 9.86. The second-order valence-electron chi connectivity index (χ2n) is 21.7. The molecule has 0 saturated heterocycles. The highest BCUT2D eigenvalue weighted by Gasteiger charge is 2.19. The molecule has 0 aliphatic carbocycles. The van der Waals surface area contributed by atoms with Crippen LogP contribution in [0.3, 0.4) is 0 Å². The molecule has 0 saturated carbocycles. The summed E-state index contributed by atoms with van der Waals surface area (Å²) in [7, 11) is 0. The van der Waals surface area contributed by atoms with Crippen LogP contribution in [-0.2, 0) is 28.6 Å². The van der Waals surface area contributed by atoms with Crippen molar-refractivity contribution < 1.29 is 28.6 Å². The van der Waals surface area contributed by atoms with Crippen molar-refractivity contribution >= 4 is 17.9 Å². The summed E-state index contributed by atoms with van der Waals surface area (Å²) in [5.74, 6) is -0.828. The second-order valence-corrected chi connectivity index (χ2v) is 21.7. The second kappa shape index (κ2) is 59.0. The molecule has 1 unspecified atom stereocenters. The Kier molecular flexibility index (Phi) is 57.6. The molecule has 0 aliphatic rings. The van der Waals surface area contributed by atoms with Gasteiger partial charge in [0.15, 0.2) is 6.10 Å². The normalized spacial score (nSPS) is 11.9. The van der Waals surface area contributed by atoms with E-state index in [0.717, 1.165) is 57.8 Å². The first-order chi connectivity index (χ1) is 34.0. The number of hydrogen-bond acceptors (Lipinski definition) is 6. The highest BCUT2D eigenvalue weighted by molar-refractivity contribution is 5.71. The largest absolute Gasteiger partial charge is 0.462 e. The first-order valence-electron chi connectivity index (χ1n) is 31.5. The SMILES string of the molecule is CCCCCCCCCCCCCCCCCCCCCCC(=O)OCC(COC(=O)CCCCCCCCCCCCC)OC(=O)CCCCCCCCCCCCCCCCCCCCCC. The standard InChI is InChI=1S/C63H122O6/c1-4-7-10-13-16-19-22-24-26-28-30-32-34-36-38-41-44-47-50-53-56-62(65)68-59-60(58-67-61(64)55-52-49-46-43-40-21-18-15-12-9-6-3)69-63(66)57-54-51-48-45-42-39-37-35-33-31-29-27-25-23-20-17-14-11-8-5-2/h60H,4-59H2,1-3H3. The molecule has 0 aromatic heterocycles. The van der Waals surface area contributed by atoms with E-state index in [2.05, 4.69) is 20.8 Å². The van der Waals surface area contributed by atoms with Gasteiger partial charge in [0.25, 0.3) is 0 Å². The molecule has 0 bridgehead atoms. The Hall–Kier alpha value is -1.59. The van der Waals surface area contributed by atoms with E-state index in [1.165, 1.54) is 270 Å². The van der Waals surface area contributed by atoms with Crippen molar-refractivity contribution in [2.24, 2.45) is 0 Å². The smallest absolute Gasteiger partial charge is 0.306 e. The van der Waals surface area contributed by atoms with Gasteiger partial charge in [0.05, 0.1) is 0 Å². The van der Waals surface area contributed by atoms with Crippen LogP contribution in [0.2, 0.25) is 0 Å². The average molecular weight is 976 g/mol. The zero-order valence-corrected chi connectivity index (χ0v) is 47.1. The van der Waals surface area contributed by atoms with Gasteiger partial charge in [-0.1, -0.05) is 329 Å². The first kappa shape index (κ1) is 67.4. The van der Waals surface area contributed by atoms with Crippen LogP contribution in [0.5, 0.6) is 0 Å². The van der Waals surface area contributed by atoms with E-state index in [1.54, 1.807) is 0 Å². The molecule has 0 fully saturated rings. The molecule has 0 radical (unpaired) electrons. The fraction of sp³-hybridized carbons (Fsp3) is 0.952. The summed E-state index contributed by atoms with van der Waals surface area (Å²) in [5.41, 5.74) is 0. The Morgan fingerprint density at radius 3 is 0.580 bits per heavy atom. The quantitative estimate of drug-likeness (QED) is 0.0343. The minimum absolute atomic E-state index is 0.0608. The summed E-state index contributed by atoms with van der Waals surface area (Å²) < 4.78 is 16.9. The summed E-state index contributed by atoms with van der Waals surface area (Å²) in [6, 6.07) is 0. The molecule has 0 spiro atoms. The maximum Gasteiger partial charge on any atom is 0.306 e. The molecular weight excluding hydrogens is 853 g/mol. The molecule has 0 aliphatic heterocycles. The first-order valence-corrected chi connectivity index (χ1v) is 31.5. The number of esters is 3. The number of carbonyl (C=O) groups is 3. The van der Waals surface area contributed by atoms with Crippen LogP contribution in [0.4, 0.5) is 0 Å². The van der Waals surface area contributed by atoms with Gasteiger partial charge in [0, 0.05) is 19.3 Å². The van der Waals surface area contributed by atoms with Crippen molar-refractivity contribution in [3.05, 3.63) is 0 Å². The van der Waals surface area contributed by atoms with Gasteiger partial charge in [-0.25, -0.2) is 0 Å². The van der Waals surface area contributed by atoms with Gasteiger partial charge in [0.1, 0.15) is 13.2 Å². The molecular formula is C63H122O6. The molecule has 0 heterocycles. The van der Waals surface area contributed by atoms with Gasteiger partial charge in [-0.2, -0.15) is 0 Å². The van der Waals surface area contributed by atoms with E-state index >= 15 is 0 Å². The molecule has 6 heteroatoms. The minimum Gasteiger partial charge on any atom is -0.462 e. The monoisotopic (exact) mass is 975 g/mol. The molecule has 69 heavy (non-hydrogen) atoms. The van der Waals surface area contributed by atoms with Gasteiger partial charge in [0.2, 0.25) is 0 Å². The number of carbonyl (C=O) groups excluding carboxylic acids is 3. The van der Waals surface area contributed by atoms with E-state index < -0.39 is 6.10 Å². The zero-order chi connectivity index (χ0) is 50.0. The van der Waals surface area contributed by atoms with Crippen LogP contribution in [0.15, 0.2) is 0 Å². The fourth-order valence-electron chi connectivity index (χ4n) is 9.86. The van der Waals surface area contributed by atoms with Crippen molar-refractivity contribution in [1.82, 2.24) is 0 Å². The molecule has 1 atom stereocenters. The summed E-state index contributed by atoms with van der Waals surface area (Å²) in [4.78, 5) is 38.2. The molecule has 0 aromatic rings. The van der Waals surface area contributed by atoms with Crippen LogP contribution in [-0.4, -0.2) is 37.2 Å². The van der Waals surface area contributed by atoms with E-state index in [1.807, 2.05) is 0 Å². The van der Waals surface area contributed by atoms with Gasteiger partial charge >= 0.3 is 17.9 Å². The lowest BCUT2D eigenvalue weighted by molar-refractivity contribution is -0.167. The van der Waals surface area contributed by atoms with Gasteiger partial charge in [-0.15, -0.1) is 0 Å². The third-order valence-electron chi connectivity index (χ3n) is 14.6. The van der Waals surface area contributed by atoms with Gasteiger partial charge < -0.3 is 14.2 Å². The lowest BCUT2D eigenvalue weighted by Crippen LogP contribution is -2.30. The molecule has 410 valence electrons. The Balaban J connectivity index is 4.21. The predicted octanol–water partition coefficient (Wildman–Crippen LogP) is 21.1. The molecule has 0 N–H and O–H groups in total. The van der Waals surface area contributed by atoms with Crippen molar-refractivity contribution in [2.45, 2.75) is 374 Å². The molecule has 0 aromatic carbocycles. The minimum atomic E-state index is -0.761. The highest BCUT2D eigenvalue weighted by atomic mass is 16.6. The molecule has 6 nitrogen and oxygen atoms in total. The topological polar surface area (TPSA) is 78.9 Å². The summed E-state index contributed by atoms with van der Waals surface area (Å²) >= 11 is 0. The number of hydrogen-bond donors (Lipinski definition) is 0. The average Bonchev–Trinajstić information content (AvgIpc) is 3.35. The van der Waals surface area contributed by atoms with Crippen LogP contribution in [0.25, 0.3) is 0 Å². The maximum absolute atomic E-state index is 12.9. The van der Waals surface area contributed by atoms with Crippen LogP contribution in [0.1, 0.15) is 367 Å². The lowest BCUT2D eigenvalue weighted by atomic mass is 10.0. The Morgan fingerprint density at radius 2 is 0.391 bits per heavy atom. The van der Waals surface area contributed by atoms with Gasteiger partial charge in [-0.05, 0) is 19.3 Å². The van der Waals surface area contributed by atoms with Crippen molar-refractivity contribution in [3.63, 3.8) is 0 Å². The maximum atomic E-state index is 12.9. The Labute approximate surface area is 431 Å². The molecule has 0 rings (SSSR count). The van der Waals surface area contributed by atoms with Crippen LogP contribution >= 0.6 is 0 Å². The van der Waals surface area contributed by atoms with E-state index in [-0.39, 0.29) is 31.1 Å². The van der Waals surface area contributed by atoms with Crippen molar-refractivity contribution in [2.75, 3.05) is 13.2 Å². The summed E-state index contributed by atoms with van der Waals surface area (Å²) in [6.45, 7) is 6.72. The summed E-state index contributed by atoms with van der Waals surface area (Å²) in [5, 5.41) is 0. The molecule has 0 amide bonds. The number of unbranched alkanes of at least 4 members (excludes halogenated alkanes) is 48. The third kappa shape index (κ3) is 57.2. The van der Waals surface area contributed by atoms with E-state index in [9.17, 15) is 14.4 Å². The van der Waals surface area contributed by atoms with Crippen molar-refractivity contribution in [3.8, 4) is 0 Å². The number of ether oxygens (including phenoxy) is 3. The van der Waals surface area contributed by atoms with Gasteiger partial charge in [-0.3, -0.25) is 14.4 Å². The predicted molar refractivity (Wildman–Crippen MR) is 298 cm³/mol. The van der Waals surface area contributed by atoms with E-state index in [0.29, 0.717) is 19.3 Å². The van der Waals surface area contributed by atoms with Crippen LogP contribution in [0, 0.1) is 0 Å². The zero-order valence-electron chi connectivity index (χ0n) is 47.1. The number of rotatable bonds is 59. The third-order valence-corrected chi connectivity index (χ3v) is 14.6. The van der Waals surface area contributed by atoms with Crippen LogP contribution < -0.4 is 0 Å².